The van der Waals surface area contributed by atoms with Gasteiger partial charge in [0.05, 0.1) is 6.10 Å². The Kier molecular flexibility index (Phi) is 3.33. The van der Waals surface area contributed by atoms with Gasteiger partial charge in [0.2, 0.25) is 0 Å². The van der Waals surface area contributed by atoms with Crippen molar-refractivity contribution in [3.8, 4) is 0 Å². The first-order chi connectivity index (χ1) is 6.08. The Labute approximate surface area is 80.2 Å². The van der Waals surface area contributed by atoms with Crippen LogP contribution < -0.4 is 5.32 Å². The monoisotopic (exact) mass is 187 g/mol. The zero-order valence-electron chi connectivity index (χ0n) is 8.75. The minimum atomic E-state index is -0.561. The summed E-state index contributed by atoms with van der Waals surface area (Å²) in [6, 6.07) is 0. The molecule has 0 aromatic carbocycles. The molecule has 13 heavy (non-hydrogen) atoms. The summed E-state index contributed by atoms with van der Waals surface area (Å²) in [7, 11) is 0. The molecule has 1 aliphatic heterocycles. The summed E-state index contributed by atoms with van der Waals surface area (Å²) in [6.45, 7) is 6.76. The Morgan fingerprint density at radius 2 is 1.85 bits per heavy atom. The van der Waals surface area contributed by atoms with Crippen LogP contribution in [0.4, 0.5) is 0 Å². The molecule has 0 aromatic heterocycles. The quantitative estimate of drug-likeness (QED) is 0.597. The molecule has 1 rings (SSSR count). The SMILES string of the molecule is CCC1(CC)C(O)NCC(C)C1O. The van der Waals surface area contributed by atoms with E-state index in [1.807, 2.05) is 20.8 Å². The molecule has 0 aromatic rings. The van der Waals surface area contributed by atoms with Crippen molar-refractivity contribution in [2.24, 2.45) is 11.3 Å². The minimum Gasteiger partial charge on any atom is -0.392 e. The highest BCUT2D eigenvalue weighted by Crippen LogP contribution is 2.39. The average Bonchev–Trinajstić information content (AvgIpc) is 2.15. The van der Waals surface area contributed by atoms with Crippen molar-refractivity contribution in [3.05, 3.63) is 0 Å². The largest absolute Gasteiger partial charge is 0.392 e. The Morgan fingerprint density at radius 3 is 2.23 bits per heavy atom. The van der Waals surface area contributed by atoms with Crippen LogP contribution in [-0.4, -0.2) is 29.1 Å². The molecule has 1 aliphatic rings. The van der Waals surface area contributed by atoms with Gasteiger partial charge in [0.1, 0.15) is 6.23 Å². The number of nitrogens with one attached hydrogen (secondary N) is 1. The number of aliphatic hydroxyl groups is 2. The lowest BCUT2D eigenvalue weighted by atomic mass is 9.69. The lowest BCUT2D eigenvalue weighted by Gasteiger charge is -2.47. The standard InChI is InChI=1S/C10H21NO2/c1-4-10(5-2)8(12)7(3)6-11-9(10)13/h7-9,11-13H,4-6H2,1-3H3. The van der Waals surface area contributed by atoms with Gasteiger partial charge in [-0.2, -0.15) is 0 Å². The number of piperidine rings is 1. The molecule has 3 unspecified atom stereocenters. The molecule has 3 heteroatoms. The van der Waals surface area contributed by atoms with Crippen LogP contribution >= 0.6 is 0 Å². The van der Waals surface area contributed by atoms with Crippen molar-refractivity contribution < 1.29 is 10.2 Å². The van der Waals surface area contributed by atoms with Crippen LogP contribution in [0.3, 0.4) is 0 Å². The van der Waals surface area contributed by atoms with Crippen molar-refractivity contribution in [2.45, 2.75) is 45.9 Å². The van der Waals surface area contributed by atoms with E-state index in [0.29, 0.717) is 6.54 Å². The topological polar surface area (TPSA) is 52.5 Å². The van der Waals surface area contributed by atoms with Crippen molar-refractivity contribution in [2.75, 3.05) is 6.54 Å². The zero-order valence-corrected chi connectivity index (χ0v) is 8.75. The van der Waals surface area contributed by atoms with E-state index >= 15 is 0 Å². The van der Waals surface area contributed by atoms with Crippen molar-refractivity contribution >= 4 is 0 Å². The summed E-state index contributed by atoms with van der Waals surface area (Å²) >= 11 is 0. The molecule has 1 heterocycles. The third kappa shape index (κ3) is 1.60. The number of hydrogen-bond donors (Lipinski definition) is 3. The molecule has 0 spiro atoms. The molecule has 0 aliphatic carbocycles. The highest BCUT2D eigenvalue weighted by molar-refractivity contribution is 4.96. The van der Waals surface area contributed by atoms with Gasteiger partial charge in [-0.15, -0.1) is 0 Å². The molecule has 78 valence electrons. The van der Waals surface area contributed by atoms with E-state index < -0.39 is 12.3 Å². The second-order valence-corrected chi connectivity index (χ2v) is 4.17. The second-order valence-electron chi connectivity index (χ2n) is 4.17. The lowest BCUT2D eigenvalue weighted by molar-refractivity contribution is -0.136. The van der Waals surface area contributed by atoms with Gasteiger partial charge < -0.3 is 10.2 Å². The first kappa shape index (κ1) is 11.0. The van der Waals surface area contributed by atoms with Gasteiger partial charge in [-0.3, -0.25) is 5.32 Å². The minimum absolute atomic E-state index is 0.225. The Morgan fingerprint density at radius 1 is 1.31 bits per heavy atom. The van der Waals surface area contributed by atoms with Gasteiger partial charge in [0, 0.05) is 12.0 Å². The predicted octanol–water partition coefficient (Wildman–Crippen LogP) is 0.711. The zero-order chi connectivity index (χ0) is 10.1. The van der Waals surface area contributed by atoms with Crippen LogP contribution in [0.5, 0.6) is 0 Å². The molecule has 1 fully saturated rings. The molecular formula is C10H21NO2. The van der Waals surface area contributed by atoms with Crippen LogP contribution in [0.1, 0.15) is 33.6 Å². The molecule has 1 saturated heterocycles. The van der Waals surface area contributed by atoms with Gasteiger partial charge in [0.15, 0.2) is 0 Å². The molecule has 3 nitrogen and oxygen atoms in total. The first-order valence-electron chi connectivity index (χ1n) is 5.18. The number of hydrogen-bond acceptors (Lipinski definition) is 3. The lowest BCUT2D eigenvalue weighted by Crippen LogP contribution is -2.60. The first-order valence-corrected chi connectivity index (χ1v) is 5.18. The smallest absolute Gasteiger partial charge is 0.113 e. The van der Waals surface area contributed by atoms with Gasteiger partial charge >= 0.3 is 0 Å². The molecular weight excluding hydrogens is 166 g/mol. The maximum Gasteiger partial charge on any atom is 0.113 e. The summed E-state index contributed by atoms with van der Waals surface area (Å²) in [5.74, 6) is 0.225. The number of aliphatic hydroxyl groups excluding tert-OH is 2. The predicted molar refractivity (Wildman–Crippen MR) is 52.2 cm³/mol. The van der Waals surface area contributed by atoms with Gasteiger partial charge in [-0.25, -0.2) is 0 Å². The highest BCUT2D eigenvalue weighted by Gasteiger charge is 2.46. The van der Waals surface area contributed by atoms with Crippen molar-refractivity contribution in [1.82, 2.24) is 5.32 Å². The summed E-state index contributed by atoms with van der Waals surface area (Å²) in [5, 5.41) is 22.9. The maximum absolute atomic E-state index is 10.1. The van der Waals surface area contributed by atoms with Crippen molar-refractivity contribution in [3.63, 3.8) is 0 Å². The van der Waals surface area contributed by atoms with E-state index in [1.165, 1.54) is 0 Å². The van der Waals surface area contributed by atoms with Crippen LogP contribution in [0, 0.1) is 11.3 Å². The van der Waals surface area contributed by atoms with E-state index in [-0.39, 0.29) is 11.3 Å². The fraction of sp³-hybridized carbons (Fsp3) is 1.00. The summed E-state index contributed by atoms with van der Waals surface area (Å²) in [4.78, 5) is 0. The summed E-state index contributed by atoms with van der Waals surface area (Å²) in [5.41, 5.74) is -0.350. The second kappa shape index (κ2) is 3.95. The van der Waals surface area contributed by atoms with Crippen LogP contribution in [0.2, 0.25) is 0 Å². The van der Waals surface area contributed by atoms with E-state index in [2.05, 4.69) is 5.32 Å². The fourth-order valence-electron chi connectivity index (χ4n) is 2.40. The van der Waals surface area contributed by atoms with E-state index in [9.17, 15) is 10.2 Å². The Balaban J connectivity index is 2.86. The Hall–Kier alpha value is -0.120. The Bertz CT molecular complexity index is 168. The van der Waals surface area contributed by atoms with E-state index in [0.717, 1.165) is 12.8 Å². The fourth-order valence-corrected chi connectivity index (χ4v) is 2.40. The molecule has 0 radical (unpaired) electrons. The van der Waals surface area contributed by atoms with E-state index in [4.69, 9.17) is 0 Å². The molecule has 3 atom stereocenters. The third-order valence-corrected chi connectivity index (χ3v) is 3.62. The van der Waals surface area contributed by atoms with Crippen LogP contribution in [0.15, 0.2) is 0 Å². The molecule has 3 N–H and O–H groups in total. The van der Waals surface area contributed by atoms with E-state index in [1.54, 1.807) is 0 Å². The third-order valence-electron chi connectivity index (χ3n) is 3.62. The van der Waals surface area contributed by atoms with Gasteiger partial charge in [-0.05, 0) is 18.8 Å². The van der Waals surface area contributed by atoms with Crippen molar-refractivity contribution in [1.29, 1.82) is 0 Å². The van der Waals surface area contributed by atoms with Gasteiger partial charge in [-0.1, -0.05) is 20.8 Å². The maximum atomic E-state index is 10.1. The highest BCUT2D eigenvalue weighted by atomic mass is 16.3. The average molecular weight is 187 g/mol. The molecule has 0 bridgehead atoms. The summed E-state index contributed by atoms with van der Waals surface area (Å²) in [6.07, 6.45) is 0.666. The summed E-state index contributed by atoms with van der Waals surface area (Å²) < 4.78 is 0. The number of rotatable bonds is 2. The molecule has 0 saturated carbocycles. The van der Waals surface area contributed by atoms with Crippen LogP contribution in [0.25, 0.3) is 0 Å². The molecule has 0 amide bonds. The normalized spacial score (nSPS) is 39.0. The van der Waals surface area contributed by atoms with Crippen LogP contribution in [-0.2, 0) is 0 Å². The van der Waals surface area contributed by atoms with Gasteiger partial charge in [0.25, 0.3) is 0 Å².